The number of anilines is 1. The van der Waals surface area contributed by atoms with Gasteiger partial charge in [-0.2, -0.15) is 5.53 Å². The van der Waals surface area contributed by atoms with Gasteiger partial charge < -0.3 is 10.6 Å². The fraction of sp³-hybridized carbons (Fsp3) is 0.278. The molecule has 132 valence electrons. The smallest absolute Gasteiger partial charge is 0.242 e. The number of aryl methyl sites for hydroxylation is 1. The molecule has 0 saturated carbocycles. The van der Waals surface area contributed by atoms with E-state index in [4.69, 9.17) is 0 Å². The van der Waals surface area contributed by atoms with Crippen LogP contribution in [0.15, 0.2) is 53.0 Å². The summed E-state index contributed by atoms with van der Waals surface area (Å²) in [5, 5.41) is 6.29. The third-order valence-electron chi connectivity index (χ3n) is 4.11. The summed E-state index contributed by atoms with van der Waals surface area (Å²) in [6, 6.07) is 15.7. The van der Waals surface area contributed by atoms with Crippen molar-refractivity contribution < 1.29 is 4.79 Å². The molecule has 1 saturated heterocycles. The average Bonchev–Trinajstić information content (AvgIpc) is 3.08. The summed E-state index contributed by atoms with van der Waals surface area (Å²) >= 11 is 3.44. The number of carbonyl (C=O) groups excluding carboxylic acids is 1. The zero-order chi connectivity index (χ0) is 17.6. The molecular formula is C18H22BrN5O. The highest BCUT2D eigenvalue weighted by Gasteiger charge is 2.32. The number of amides is 1. The Kier molecular flexibility index (Phi) is 6.04. The van der Waals surface area contributed by atoms with Crippen molar-refractivity contribution in [2.45, 2.75) is 32.1 Å². The van der Waals surface area contributed by atoms with Crippen molar-refractivity contribution in [3.63, 3.8) is 0 Å². The first-order chi connectivity index (χ1) is 12.2. The van der Waals surface area contributed by atoms with E-state index in [0.717, 1.165) is 22.1 Å². The second kappa shape index (κ2) is 8.44. The van der Waals surface area contributed by atoms with E-state index in [1.165, 1.54) is 5.56 Å². The average molecular weight is 404 g/mol. The molecule has 3 rings (SSSR count). The van der Waals surface area contributed by atoms with Crippen molar-refractivity contribution in [2.24, 2.45) is 0 Å². The molecule has 25 heavy (non-hydrogen) atoms. The predicted octanol–water partition coefficient (Wildman–Crippen LogP) is 2.05. The van der Waals surface area contributed by atoms with E-state index in [9.17, 15) is 4.79 Å². The highest BCUT2D eigenvalue weighted by molar-refractivity contribution is 9.10. The molecule has 0 spiro atoms. The number of hydrogen-bond donors (Lipinski definition) is 5. The van der Waals surface area contributed by atoms with Crippen molar-refractivity contribution >= 4 is 27.5 Å². The van der Waals surface area contributed by atoms with Crippen molar-refractivity contribution in [1.29, 1.82) is 0 Å². The minimum absolute atomic E-state index is 0.0832. The van der Waals surface area contributed by atoms with Crippen molar-refractivity contribution in [2.75, 3.05) is 5.32 Å². The Morgan fingerprint density at radius 2 is 1.92 bits per heavy atom. The standard InChI is InChI=1S/C18H22BrN5O/c1-2-12-6-8-15(9-7-12)21-17-16(22-24-23-17)18(25)20-11-13-4-3-5-14(19)10-13/h3-10,16-17,21-24H,2,11H2,1H3,(H,20,25). The molecule has 5 N–H and O–H groups in total. The van der Waals surface area contributed by atoms with Crippen LogP contribution in [0.5, 0.6) is 0 Å². The molecule has 1 fully saturated rings. The lowest BCUT2D eigenvalue weighted by Crippen LogP contribution is -2.50. The number of rotatable bonds is 6. The van der Waals surface area contributed by atoms with E-state index in [2.05, 4.69) is 62.0 Å². The minimum atomic E-state index is -0.432. The Bertz CT molecular complexity index is 722. The molecule has 6 nitrogen and oxygen atoms in total. The van der Waals surface area contributed by atoms with Crippen LogP contribution in [0.3, 0.4) is 0 Å². The molecule has 0 aromatic heterocycles. The lowest BCUT2D eigenvalue weighted by atomic mass is 10.1. The van der Waals surface area contributed by atoms with Crippen LogP contribution in [0, 0.1) is 0 Å². The van der Waals surface area contributed by atoms with E-state index in [0.29, 0.717) is 6.54 Å². The molecule has 7 heteroatoms. The first-order valence-electron chi connectivity index (χ1n) is 8.29. The summed E-state index contributed by atoms with van der Waals surface area (Å²) in [6.07, 6.45) is 0.751. The third-order valence-corrected chi connectivity index (χ3v) is 4.60. The third kappa shape index (κ3) is 4.79. The van der Waals surface area contributed by atoms with E-state index in [1.54, 1.807) is 0 Å². The van der Waals surface area contributed by atoms with Crippen LogP contribution in [0.25, 0.3) is 0 Å². The van der Waals surface area contributed by atoms with Gasteiger partial charge in [0, 0.05) is 16.7 Å². The van der Waals surface area contributed by atoms with Crippen LogP contribution >= 0.6 is 15.9 Å². The lowest BCUT2D eigenvalue weighted by Gasteiger charge is -2.20. The number of hydrazine groups is 2. The van der Waals surface area contributed by atoms with E-state index >= 15 is 0 Å². The van der Waals surface area contributed by atoms with Gasteiger partial charge in [0.25, 0.3) is 0 Å². The lowest BCUT2D eigenvalue weighted by molar-refractivity contribution is -0.123. The van der Waals surface area contributed by atoms with Gasteiger partial charge in [-0.3, -0.25) is 4.79 Å². The van der Waals surface area contributed by atoms with E-state index < -0.39 is 6.04 Å². The predicted molar refractivity (Wildman–Crippen MR) is 102 cm³/mol. The first kappa shape index (κ1) is 17.9. The summed E-state index contributed by atoms with van der Waals surface area (Å²) in [7, 11) is 0. The fourth-order valence-electron chi connectivity index (χ4n) is 2.66. The molecule has 0 aliphatic carbocycles. The van der Waals surface area contributed by atoms with Crippen LogP contribution in [0.2, 0.25) is 0 Å². The highest BCUT2D eigenvalue weighted by atomic mass is 79.9. The van der Waals surface area contributed by atoms with Crippen LogP contribution in [0.4, 0.5) is 5.69 Å². The summed E-state index contributed by atoms with van der Waals surface area (Å²) in [5.41, 5.74) is 12.1. The van der Waals surface area contributed by atoms with E-state index in [-0.39, 0.29) is 12.1 Å². The van der Waals surface area contributed by atoms with Crippen LogP contribution in [-0.2, 0) is 17.8 Å². The molecule has 1 aliphatic rings. The van der Waals surface area contributed by atoms with Gasteiger partial charge in [-0.1, -0.05) is 47.1 Å². The van der Waals surface area contributed by atoms with Gasteiger partial charge >= 0.3 is 0 Å². The zero-order valence-corrected chi connectivity index (χ0v) is 15.6. The Morgan fingerprint density at radius 3 is 2.64 bits per heavy atom. The molecule has 0 bridgehead atoms. The summed E-state index contributed by atoms with van der Waals surface area (Å²) < 4.78 is 0.997. The number of carbonyl (C=O) groups is 1. The normalized spacial score (nSPS) is 19.6. The van der Waals surface area contributed by atoms with Gasteiger partial charge in [0.1, 0.15) is 12.2 Å². The minimum Gasteiger partial charge on any atom is -0.367 e. The second-order valence-electron chi connectivity index (χ2n) is 5.91. The molecule has 2 aromatic carbocycles. The number of benzene rings is 2. The van der Waals surface area contributed by atoms with Gasteiger partial charge in [-0.15, -0.1) is 0 Å². The number of nitrogens with one attached hydrogen (secondary N) is 5. The molecular weight excluding hydrogens is 382 g/mol. The maximum atomic E-state index is 12.5. The monoisotopic (exact) mass is 403 g/mol. The first-order valence-corrected chi connectivity index (χ1v) is 9.08. The maximum absolute atomic E-state index is 12.5. The van der Waals surface area contributed by atoms with Crippen LogP contribution in [-0.4, -0.2) is 18.1 Å². The second-order valence-corrected chi connectivity index (χ2v) is 6.83. The highest BCUT2D eigenvalue weighted by Crippen LogP contribution is 2.13. The summed E-state index contributed by atoms with van der Waals surface area (Å²) in [6.45, 7) is 2.61. The van der Waals surface area contributed by atoms with Crippen LogP contribution < -0.4 is 27.0 Å². The fourth-order valence-corrected chi connectivity index (χ4v) is 3.11. The topological polar surface area (TPSA) is 77.2 Å². The SMILES string of the molecule is CCc1ccc(NC2NNNC2C(=O)NCc2cccc(Br)c2)cc1. The van der Waals surface area contributed by atoms with Gasteiger partial charge in [0.05, 0.1) is 0 Å². The molecule has 1 amide bonds. The molecule has 1 heterocycles. The Hall–Kier alpha value is -1.93. The van der Waals surface area contributed by atoms with Crippen molar-refractivity contribution in [3.05, 3.63) is 64.1 Å². The van der Waals surface area contributed by atoms with Gasteiger partial charge in [-0.05, 0) is 41.8 Å². The number of hydrogen-bond acceptors (Lipinski definition) is 5. The van der Waals surface area contributed by atoms with Crippen molar-refractivity contribution in [3.8, 4) is 0 Å². The summed E-state index contributed by atoms with van der Waals surface area (Å²) in [4.78, 5) is 12.5. The Morgan fingerprint density at radius 1 is 1.12 bits per heavy atom. The molecule has 2 aromatic rings. The Labute approximate surface area is 155 Å². The molecule has 2 unspecified atom stereocenters. The van der Waals surface area contributed by atoms with Gasteiger partial charge in [0.15, 0.2) is 0 Å². The number of halogens is 1. The van der Waals surface area contributed by atoms with Gasteiger partial charge in [0.2, 0.25) is 5.91 Å². The van der Waals surface area contributed by atoms with Crippen molar-refractivity contribution in [1.82, 2.24) is 21.7 Å². The molecule has 0 radical (unpaired) electrons. The molecule has 2 atom stereocenters. The van der Waals surface area contributed by atoms with E-state index in [1.807, 2.05) is 36.4 Å². The van der Waals surface area contributed by atoms with Crippen LogP contribution in [0.1, 0.15) is 18.1 Å². The van der Waals surface area contributed by atoms with Gasteiger partial charge in [-0.25, -0.2) is 10.9 Å². The molecule has 1 aliphatic heterocycles. The quantitative estimate of drug-likeness (QED) is 0.510. The summed E-state index contributed by atoms with van der Waals surface area (Å²) in [5.74, 6) is -0.0832. The largest absolute Gasteiger partial charge is 0.367 e. The Balaban J connectivity index is 1.57. The maximum Gasteiger partial charge on any atom is 0.242 e. The zero-order valence-electron chi connectivity index (χ0n) is 14.0.